The van der Waals surface area contributed by atoms with Crippen molar-refractivity contribution in [2.75, 3.05) is 20.4 Å². The molecule has 0 spiro atoms. The second-order valence-electron chi connectivity index (χ2n) is 7.15. The summed E-state index contributed by atoms with van der Waals surface area (Å²) in [6.07, 6.45) is 1.53. The first-order valence-electron chi connectivity index (χ1n) is 9.16. The maximum Gasteiger partial charge on any atom is 0.265 e. The van der Waals surface area contributed by atoms with Gasteiger partial charge in [-0.25, -0.2) is 4.98 Å². The summed E-state index contributed by atoms with van der Waals surface area (Å²) in [5, 5.41) is 0. The average Bonchev–Trinajstić information content (AvgIpc) is 2.69. The van der Waals surface area contributed by atoms with Crippen LogP contribution in [-0.2, 0) is 30.3 Å². The maximum absolute atomic E-state index is 13.3. The molecule has 3 atom stereocenters. The van der Waals surface area contributed by atoms with E-state index in [0.717, 1.165) is 11.8 Å². The van der Waals surface area contributed by atoms with E-state index in [0.29, 0.717) is 16.6 Å². The zero-order valence-electron chi connectivity index (χ0n) is 16.7. The van der Waals surface area contributed by atoms with Crippen LogP contribution in [0.4, 0.5) is 0 Å². The van der Waals surface area contributed by atoms with E-state index in [1.165, 1.54) is 23.0 Å². The highest BCUT2D eigenvalue weighted by molar-refractivity contribution is 9.10. The van der Waals surface area contributed by atoms with E-state index in [1.54, 1.807) is 19.2 Å². The van der Waals surface area contributed by atoms with Crippen LogP contribution in [0, 0.1) is 0 Å². The van der Waals surface area contributed by atoms with E-state index in [4.69, 9.17) is 4.18 Å². The quantitative estimate of drug-likeness (QED) is 0.447. The highest BCUT2D eigenvalue weighted by atomic mass is 79.9. The molecular weight excluding hydrogens is 474 g/mol. The molecule has 0 N–H and O–H groups in total. The van der Waals surface area contributed by atoms with E-state index < -0.39 is 34.2 Å². The molecule has 1 aromatic heterocycles. The number of rotatable bonds is 6. The molecule has 2 amide bonds. The lowest BCUT2D eigenvalue weighted by Crippen LogP contribution is -2.64. The minimum atomic E-state index is -3.94. The third kappa shape index (κ3) is 4.71. The third-order valence-electron chi connectivity index (χ3n) is 5.05. The summed E-state index contributed by atoms with van der Waals surface area (Å²) in [6.45, 7) is 0. The Morgan fingerprint density at radius 2 is 1.73 bits per heavy atom. The van der Waals surface area contributed by atoms with Gasteiger partial charge in [0, 0.05) is 32.3 Å². The number of likely N-dealkylation sites (N-methyl/N-ethyl adjacent to an activating group) is 2. The Bertz CT molecular complexity index is 1050. The van der Waals surface area contributed by atoms with Gasteiger partial charge >= 0.3 is 0 Å². The van der Waals surface area contributed by atoms with Crippen LogP contribution in [0.25, 0.3) is 0 Å². The Balaban J connectivity index is 1.98. The van der Waals surface area contributed by atoms with Crippen molar-refractivity contribution >= 4 is 37.9 Å². The van der Waals surface area contributed by atoms with Gasteiger partial charge in [-0.05, 0) is 27.6 Å². The van der Waals surface area contributed by atoms with Gasteiger partial charge in [0.25, 0.3) is 10.1 Å². The van der Waals surface area contributed by atoms with Crippen molar-refractivity contribution in [1.82, 2.24) is 14.8 Å². The smallest absolute Gasteiger partial charge is 0.265 e. The Hall–Kier alpha value is -2.30. The molecular formula is C20H22BrN3O5S. The van der Waals surface area contributed by atoms with Crippen molar-refractivity contribution in [1.29, 1.82) is 0 Å². The maximum atomic E-state index is 13.3. The van der Waals surface area contributed by atoms with Crippen LogP contribution in [-0.4, -0.2) is 67.5 Å². The number of halogens is 1. The fraction of sp³-hybridized carbons (Fsp3) is 0.350. The van der Waals surface area contributed by atoms with Gasteiger partial charge in [0.15, 0.2) is 0 Å². The lowest BCUT2D eigenvalue weighted by molar-refractivity contribution is -0.162. The fourth-order valence-corrected chi connectivity index (χ4v) is 4.59. The van der Waals surface area contributed by atoms with Crippen molar-refractivity contribution in [2.24, 2.45) is 0 Å². The molecule has 1 saturated heterocycles. The van der Waals surface area contributed by atoms with Crippen molar-refractivity contribution in [3.05, 3.63) is 64.4 Å². The molecule has 0 aliphatic carbocycles. The number of amides is 2. The summed E-state index contributed by atoms with van der Waals surface area (Å²) >= 11 is 3.28. The minimum Gasteiger partial charge on any atom is -0.331 e. The highest BCUT2D eigenvalue weighted by Gasteiger charge is 2.48. The van der Waals surface area contributed by atoms with Gasteiger partial charge < -0.3 is 9.80 Å². The van der Waals surface area contributed by atoms with Gasteiger partial charge in [0.05, 0.1) is 6.26 Å². The second-order valence-corrected chi connectivity index (χ2v) is 9.50. The lowest BCUT2D eigenvalue weighted by Gasteiger charge is -2.44. The molecule has 160 valence electrons. The SMILES string of the molecule is CN1C(=O)C(C(OS(C)(=O)=O)c2cccnc2Br)N(C)C(=O)C1Cc1ccccc1. The molecule has 1 aliphatic rings. The van der Waals surface area contributed by atoms with E-state index in [9.17, 15) is 18.0 Å². The minimum absolute atomic E-state index is 0.298. The molecule has 1 aromatic carbocycles. The molecule has 0 saturated carbocycles. The molecule has 1 fully saturated rings. The van der Waals surface area contributed by atoms with Crippen molar-refractivity contribution in [2.45, 2.75) is 24.6 Å². The summed E-state index contributed by atoms with van der Waals surface area (Å²) in [6, 6.07) is 10.7. The first kappa shape index (κ1) is 22.4. The first-order valence-corrected chi connectivity index (χ1v) is 11.8. The number of carbonyl (C=O) groups excluding carboxylic acids is 2. The zero-order valence-corrected chi connectivity index (χ0v) is 19.1. The summed E-state index contributed by atoms with van der Waals surface area (Å²) in [7, 11) is -0.909. The van der Waals surface area contributed by atoms with E-state index in [1.807, 2.05) is 30.3 Å². The van der Waals surface area contributed by atoms with E-state index in [2.05, 4.69) is 20.9 Å². The van der Waals surface area contributed by atoms with Gasteiger partial charge in [-0.2, -0.15) is 8.42 Å². The van der Waals surface area contributed by atoms with Crippen molar-refractivity contribution in [3.8, 4) is 0 Å². The number of hydrogen-bond acceptors (Lipinski definition) is 6. The summed E-state index contributed by atoms with van der Waals surface area (Å²) in [4.78, 5) is 33.2. The van der Waals surface area contributed by atoms with Gasteiger partial charge in [-0.3, -0.25) is 13.8 Å². The van der Waals surface area contributed by atoms with Gasteiger partial charge in [-0.15, -0.1) is 0 Å². The summed E-state index contributed by atoms with van der Waals surface area (Å²) in [5.74, 6) is -0.712. The molecule has 0 bridgehead atoms. The van der Waals surface area contributed by atoms with Crippen LogP contribution in [0.1, 0.15) is 17.2 Å². The number of hydrogen-bond donors (Lipinski definition) is 0. The molecule has 1 aliphatic heterocycles. The Kier molecular flexibility index (Phi) is 6.59. The molecule has 0 radical (unpaired) electrons. The molecule has 3 rings (SSSR count). The lowest BCUT2D eigenvalue weighted by atomic mass is 9.94. The van der Waals surface area contributed by atoms with Crippen LogP contribution in [0.2, 0.25) is 0 Å². The predicted molar refractivity (Wildman–Crippen MR) is 114 cm³/mol. The number of pyridine rings is 1. The van der Waals surface area contributed by atoms with E-state index >= 15 is 0 Å². The van der Waals surface area contributed by atoms with Gasteiger partial charge in [-0.1, -0.05) is 36.4 Å². The number of nitrogens with zero attached hydrogens (tertiary/aromatic N) is 3. The number of benzene rings is 1. The number of aromatic nitrogens is 1. The van der Waals surface area contributed by atoms with Crippen LogP contribution in [0.15, 0.2) is 53.3 Å². The molecule has 2 aromatic rings. The zero-order chi connectivity index (χ0) is 22.1. The van der Waals surface area contributed by atoms with Gasteiger partial charge in [0.1, 0.15) is 22.8 Å². The fourth-order valence-electron chi connectivity index (χ4n) is 3.53. The highest BCUT2D eigenvalue weighted by Crippen LogP contribution is 2.34. The number of carbonyl (C=O) groups is 2. The normalized spacial score (nSPS) is 21.1. The monoisotopic (exact) mass is 495 g/mol. The number of piperazine rings is 1. The van der Waals surface area contributed by atoms with Crippen LogP contribution in [0.5, 0.6) is 0 Å². The van der Waals surface area contributed by atoms with Crippen LogP contribution in [0.3, 0.4) is 0 Å². The predicted octanol–water partition coefficient (Wildman–Crippen LogP) is 1.77. The van der Waals surface area contributed by atoms with Crippen LogP contribution < -0.4 is 0 Å². The molecule has 2 heterocycles. The standard InChI is InChI=1S/C20H22BrN3O5S/c1-23-15(12-13-8-5-4-6-9-13)19(25)24(2)16(20(23)26)17(29-30(3,27)28)14-10-7-11-22-18(14)21/h4-11,15-17H,12H2,1-3H3. The molecule has 30 heavy (non-hydrogen) atoms. The summed E-state index contributed by atoms with van der Waals surface area (Å²) in [5.41, 5.74) is 1.28. The Morgan fingerprint density at radius 1 is 1.07 bits per heavy atom. The van der Waals surface area contributed by atoms with E-state index in [-0.39, 0.29) is 5.91 Å². The Morgan fingerprint density at radius 3 is 2.33 bits per heavy atom. The van der Waals surface area contributed by atoms with Crippen LogP contribution >= 0.6 is 15.9 Å². The molecule has 8 nitrogen and oxygen atoms in total. The Labute approximate surface area is 184 Å². The first-order chi connectivity index (χ1) is 14.1. The third-order valence-corrected chi connectivity index (χ3v) is 6.27. The summed E-state index contributed by atoms with van der Waals surface area (Å²) < 4.78 is 29.6. The van der Waals surface area contributed by atoms with Crippen molar-refractivity contribution < 1.29 is 22.2 Å². The molecule has 3 unspecified atom stereocenters. The van der Waals surface area contributed by atoms with Crippen molar-refractivity contribution in [3.63, 3.8) is 0 Å². The topological polar surface area (TPSA) is 96.9 Å². The molecule has 10 heteroatoms. The average molecular weight is 496 g/mol. The van der Waals surface area contributed by atoms with Gasteiger partial charge in [0.2, 0.25) is 11.8 Å². The largest absolute Gasteiger partial charge is 0.331 e. The second kappa shape index (κ2) is 8.83.